The van der Waals surface area contributed by atoms with Gasteiger partial charge < -0.3 is 14.5 Å². The van der Waals surface area contributed by atoms with Crippen molar-refractivity contribution >= 4 is 11.7 Å². The number of rotatable bonds is 4. The number of aromatic nitrogens is 3. The van der Waals surface area contributed by atoms with Crippen molar-refractivity contribution in [3.8, 4) is 5.88 Å². The van der Waals surface area contributed by atoms with Gasteiger partial charge in [0.25, 0.3) is 5.91 Å². The molecule has 0 bridgehead atoms. The molecule has 26 heavy (non-hydrogen) atoms. The summed E-state index contributed by atoms with van der Waals surface area (Å²) in [6, 6.07) is 5.40. The molecule has 1 atom stereocenters. The number of anilines is 1. The molecule has 0 aromatic carbocycles. The number of carbonyl (C=O) groups excluding carboxylic acids is 1. The summed E-state index contributed by atoms with van der Waals surface area (Å²) in [4.78, 5) is 29.2. The van der Waals surface area contributed by atoms with E-state index < -0.39 is 0 Å². The van der Waals surface area contributed by atoms with Gasteiger partial charge in [-0.2, -0.15) is 0 Å². The van der Waals surface area contributed by atoms with Gasteiger partial charge in [-0.05, 0) is 31.4 Å². The fraction of sp³-hybridized carbons (Fsp3) is 0.474. The lowest BCUT2D eigenvalue weighted by Gasteiger charge is -2.27. The Morgan fingerprint density at radius 3 is 2.69 bits per heavy atom. The largest absolute Gasteiger partial charge is 0.472 e. The maximum absolute atomic E-state index is 12.5. The van der Waals surface area contributed by atoms with Crippen LogP contribution >= 0.6 is 0 Å². The number of pyridine rings is 1. The molecule has 2 aliphatic rings. The third-order valence-corrected chi connectivity index (χ3v) is 4.95. The van der Waals surface area contributed by atoms with Gasteiger partial charge in [-0.3, -0.25) is 9.78 Å². The van der Waals surface area contributed by atoms with Gasteiger partial charge >= 0.3 is 0 Å². The molecular weight excluding hydrogens is 330 g/mol. The summed E-state index contributed by atoms with van der Waals surface area (Å²) in [5.74, 6) is 1.54. The molecule has 1 unspecified atom stereocenters. The number of likely N-dealkylation sites (tertiary alicyclic amines) is 1. The van der Waals surface area contributed by atoms with Crippen molar-refractivity contribution in [2.75, 3.05) is 31.1 Å². The third kappa shape index (κ3) is 3.76. The molecule has 1 amide bonds. The summed E-state index contributed by atoms with van der Waals surface area (Å²) in [5, 5.41) is 0. The standard InChI is InChI=1S/C19H23N5O2/c25-19(15-4-7-20-8-5-15)24-11-6-16(13-24)26-18-12-17(21-14-22-18)23-9-2-1-3-10-23/h4-5,7-8,12,14,16H,1-3,6,9-11,13H2. The Kier molecular flexibility index (Phi) is 4.95. The molecule has 4 heterocycles. The van der Waals surface area contributed by atoms with Crippen molar-refractivity contribution in [3.63, 3.8) is 0 Å². The molecule has 0 spiro atoms. The number of hydrogen-bond donors (Lipinski definition) is 0. The van der Waals surface area contributed by atoms with Crippen molar-refractivity contribution < 1.29 is 9.53 Å². The lowest BCUT2D eigenvalue weighted by molar-refractivity contribution is 0.0771. The first-order valence-corrected chi connectivity index (χ1v) is 9.22. The van der Waals surface area contributed by atoms with Crippen LogP contribution < -0.4 is 9.64 Å². The van der Waals surface area contributed by atoms with Crippen LogP contribution in [0.3, 0.4) is 0 Å². The van der Waals surface area contributed by atoms with Gasteiger partial charge in [-0.25, -0.2) is 9.97 Å². The summed E-state index contributed by atoms with van der Waals surface area (Å²) in [5.41, 5.74) is 0.662. The maximum atomic E-state index is 12.5. The number of amides is 1. The highest BCUT2D eigenvalue weighted by Gasteiger charge is 2.28. The van der Waals surface area contributed by atoms with E-state index in [1.165, 1.54) is 19.3 Å². The zero-order valence-electron chi connectivity index (χ0n) is 14.8. The van der Waals surface area contributed by atoms with Crippen LogP contribution in [0.4, 0.5) is 5.82 Å². The Balaban J connectivity index is 1.37. The van der Waals surface area contributed by atoms with E-state index in [-0.39, 0.29) is 12.0 Å². The first-order chi connectivity index (χ1) is 12.8. The molecule has 0 saturated carbocycles. The van der Waals surface area contributed by atoms with Crippen LogP contribution in [0, 0.1) is 0 Å². The van der Waals surface area contributed by atoms with Crippen molar-refractivity contribution in [2.45, 2.75) is 31.8 Å². The fourth-order valence-electron chi connectivity index (χ4n) is 3.55. The Hall–Kier alpha value is -2.70. The quantitative estimate of drug-likeness (QED) is 0.839. The SMILES string of the molecule is O=C(c1ccncc1)N1CCC(Oc2cc(N3CCCCC3)ncn2)C1. The van der Waals surface area contributed by atoms with Crippen LogP contribution in [0.15, 0.2) is 36.9 Å². The van der Waals surface area contributed by atoms with Gasteiger partial charge in [0.05, 0.1) is 6.54 Å². The summed E-state index contributed by atoms with van der Waals surface area (Å²) in [7, 11) is 0. The molecule has 2 aromatic rings. The molecule has 2 fully saturated rings. The minimum Gasteiger partial charge on any atom is -0.472 e. The summed E-state index contributed by atoms with van der Waals surface area (Å²) < 4.78 is 6.04. The minimum atomic E-state index is -0.0371. The van der Waals surface area contributed by atoms with Gasteiger partial charge in [-0.15, -0.1) is 0 Å². The van der Waals surface area contributed by atoms with Gasteiger partial charge in [0.2, 0.25) is 5.88 Å². The smallest absolute Gasteiger partial charge is 0.254 e. The van der Waals surface area contributed by atoms with Gasteiger partial charge in [0, 0.05) is 50.1 Å². The van der Waals surface area contributed by atoms with E-state index >= 15 is 0 Å². The monoisotopic (exact) mass is 353 g/mol. The van der Waals surface area contributed by atoms with E-state index in [1.54, 1.807) is 30.9 Å². The van der Waals surface area contributed by atoms with Crippen molar-refractivity contribution in [2.24, 2.45) is 0 Å². The normalized spacial score (nSPS) is 20.2. The molecule has 2 aromatic heterocycles. The second kappa shape index (κ2) is 7.68. The predicted octanol–water partition coefficient (Wildman–Crippen LogP) is 2.16. The summed E-state index contributed by atoms with van der Waals surface area (Å²) >= 11 is 0. The lowest BCUT2D eigenvalue weighted by Crippen LogP contribution is -2.31. The molecule has 7 heteroatoms. The van der Waals surface area contributed by atoms with E-state index in [2.05, 4.69) is 19.9 Å². The van der Waals surface area contributed by atoms with Crippen LogP contribution in [0.1, 0.15) is 36.0 Å². The van der Waals surface area contributed by atoms with Crippen molar-refractivity contribution in [3.05, 3.63) is 42.5 Å². The van der Waals surface area contributed by atoms with Crippen molar-refractivity contribution in [1.29, 1.82) is 0 Å². The predicted molar refractivity (Wildman–Crippen MR) is 97.3 cm³/mol. The van der Waals surface area contributed by atoms with Crippen LogP contribution in [-0.4, -0.2) is 58.0 Å². The lowest BCUT2D eigenvalue weighted by atomic mass is 10.1. The Morgan fingerprint density at radius 2 is 1.88 bits per heavy atom. The first-order valence-electron chi connectivity index (χ1n) is 9.22. The average Bonchev–Trinajstić information content (AvgIpc) is 3.17. The third-order valence-electron chi connectivity index (χ3n) is 4.95. The molecule has 4 rings (SSSR count). The number of ether oxygens (including phenoxy) is 1. The Morgan fingerprint density at radius 1 is 1.08 bits per heavy atom. The van der Waals surface area contributed by atoms with Gasteiger partial charge in [0.15, 0.2) is 0 Å². The summed E-state index contributed by atoms with van der Waals surface area (Å²) in [6.07, 6.45) is 9.30. The van der Waals surface area contributed by atoms with Crippen molar-refractivity contribution in [1.82, 2.24) is 19.9 Å². The maximum Gasteiger partial charge on any atom is 0.254 e. The van der Waals surface area contributed by atoms with E-state index in [4.69, 9.17) is 4.74 Å². The zero-order chi connectivity index (χ0) is 17.8. The highest BCUT2D eigenvalue weighted by Crippen LogP contribution is 2.23. The molecule has 136 valence electrons. The fourth-order valence-corrected chi connectivity index (χ4v) is 3.55. The highest BCUT2D eigenvalue weighted by molar-refractivity contribution is 5.94. The number of carbonyl (C=O) groups is 1. The second-order valence-corrected chi connectivity index (χ2v) is 6.78. The van der Waals surface area contributed by atoms with E-state index in [9.17, 15) is 4.79 Å². The van der Waals surface area contributed by atoms with Crippen LogP contribution in [0.5, 0.6) is 5.88 Å². The highest BCUT2D eigenvalue weighted by atomic mass is 16.5. The molecule has 7 nitrogen and oxygen atoms in total. The van der Waals surface area contributed by atoms with E-state index in [0.717, 1.165) is 25.3 Å². The molecule has 0 radical (unpaired) electrons. The topological polar surface area (TPSA) is 71.5 Å². The van der Waals surface area contributed by atoms with E-state index in [0.29, 0.717) is 24.5 Å². The van der Waals surface area contributed by atoms with Gasteiger partial charge in [0.1, 0.15) is 18.2 Å². The molecule has 2 saturated heterocycles. The second-order valence-electron chi connectivity index (χ2n) is 6.78. The Labute approximate surface area is 153 Å². The van der Waals surface area contributed by atoms with Gasteiger partial charge in [-0.1, -0.05) is 0 Å². The minimum absolute atomic E-state index is 0.0233. The average molecular weight is 353 g/mol. The first kappa shape index (κ1) is 16.8. The van der Waals surface area contributed by atoms with Crippen LogP contribution in [-0.2, 0) is 0 Å². The molecule has 2 aliphatic heterocycles. The van der Waals surface area contributed by atoms with Crippen LogP contribution in [0.2, 0.25) is 0 Å². The number of nitrogens with zero attached hydrogens (tertiary/aromatic N) is 5. The Bertz CT molecular complexity index is 749. The van der Waals surface area contributed by atoms with Crippen LogP contribution in [0.25, 0.3) is 0 Å². The summed E-state index contributed by atoms with van der Waals surface area (Å²) in [6.45, 7) is 3.34. The molecular formula is C19H23N5O2. The zero-order valence-corrected chi connectivity index (χ0v) is 14.8. The van der Waals surface area contributed by atoms with E-state index in [1.807, 2.05) is 11.0 Å². The molecule has 0 aliphatic carbocycles. The number of piperidine rings is 1. The number of hydrogen-bond acceptors (Lipinski definition) is 6. The molecule has 0 N–H and O–H groups in total.